The number of carbonyl (C=O) groups is 1. The van der Waals surface area contributed by atoms with Gasteiger partial charge in [-0.25, -0.2) is 0 Å². The molecule has 0 radical (unpaired) electrons. The summed E-state index contributed by atoms with van der Waals surface area (Å²) in [5.74, 6) is 0.677. The number of hydrogen-bond donors (Lipinski definition) is 2. The smallest absolute Gasteiger partial charge is 0.268 e. The number of carbonyl (C=O) groups excluding carboxylic acids is 1. The Morgan fingerprint density at radius 2 is 1.96 bits per heavy atom. The summed E-state index contributed by atoms with van der Waals surface area (Å²) in [6, 6.07) is 13.4. The molecule has 0 unspecified atom stereocenters. The average Bonchev–Trinajstić information content (AvgIpc) is 2.93. The van der Waals surface area contributed by atoms with Crippen LogP contribution < -0.4 is 10.1 Å². The molecule has 3 aromatic rings. The Morgan fingerprint density at radius 3 is 2.67 bits per heavy atom. The Bertz CT molecular complexity index is 869. The molecule has 0 atom stereocenters. The van der Waals surface area contributed by atoms with Crippen LogP contribution in [-0.4, -0.2) is 24.5 Å². The number of aryl methyl sites for hydroxylation is 1. The molecule has 0 saturated heterocycles. The van der Waals surface area contributed by atoms with E-state index in [1.165, 1.54) is 0 Å². The molecule has 5 heteroatoms. The molecule has 0 spiro atoms. The van der Waals surface area contributed by atoms with Crippen molar-refractivity contribution >= 4 is 28.4 Å². The van der Waals surface area contributed by atoms with Gasteiger partial charge in [-0.1, -0.05) is 23.7 Å². The SMILES string of the molecule is COc1ccc2[nH]c(C(=O)NCCc3ccc(Cl)cc3)c(C)c2c1. The average molecular weight is 343 g/mol. The number of H-pyrrole nitrogens is 1. The lowest BCUT2D eigenvalue weighted by atomic mass is 10.1. The molecule has 0 saturated carbocycles. The molecule has 24 heavy (non-hydrogen) atoms. The number of ether oxygens (including phenoxy) is 1. The first-order valence-electron chi connectivity index (χ1n) is 7.77. The van der Waals surface area contributed by atoms with Gasteiger partial charge in [0, 0.05) is 22.5 Å². The number of aromatic nitrogens is 1. The number of nitrogens with one attached hydrogen (secondary N) is 2. The van der Waals surface area contributed by atoms with Crippen LogP contribution in [-0.2, 0) is 6.42 Å². The van der Waals surface area contributed by atoms with Crippen molar-refractivity contribution in [1.29, 1.82) is 0 Å². The minimum atomic E-state index is -0.100. The summed E-state index contributed by atoms with van der Waals surface area (Å²) in [4.78, 5) is 15.6. The molecule has 0 aliphatic rings. The Labute approximate surface area is 145 Å². The zero-order chi connectivity index (χ0) is 17.1. The van der Waals surface area contributed by atoms with E-state index in [0.29, 0.717) is 17.3 Å². The molecule has 0 fully saturated rings. The van der Waals surface area contributed by atoms with Gasteiger partial charge in [0.1, 0.15) is 11.4 Å². The predicted molar refractivity (Wildman–Crippen MR) is 97.1 cm³/mol. The molecule has 2 aromatic carbocycles. The molecule has 4 nitrogen and oxygen atoms in total. The first-order valence-corrected chi connectivity index (χ1v) is 8.15. The molecule has 3 rings (SSSR count). The first-order chi connectivity index (χ1) is 11.6. The number of fused-ring (bicyclic) bond motifs is 1. The van der Waals surface area contributed by atoms with Crippen molar-refractivity contribution in [3.8, 4) is 5.75 Å². The van der Waals surface area contributed by atoms with E-state index >= 15 is 0 Å². The van der Waals surface area contributed by atoms with Crippen LogP contribution in [0.2, 0.25) is 5.02 Å². The maximum Gasteiger partial charge on any atom is 0.268 e. The second kappa shape index (κ2) is 6.97. The van der Waals surface area contributed by atoms with Gasteiger partial charge in [-0.15, -0.1) is 0 Å². The van der Waals surface area contributed by atoms with Gasteiger partial charge in [-0.2, -0.15) is 0 Å². The third-order valence-corrected chi connectivity index (χ3v) is 4.36. The third kappa shape index (κ3) is 3.39. The van der Waals surface area contributed by atoms with Crippen LogP contribution in [0.1, 0.15) is 21.6 Å². The molecule has 1 amide bonds. The van der Waals surface area contributed by atoms with Crippen LogP contribution in [0.4, 0.5) is 0 Å². The quantitative estimate of drug-likeness (QED) is 0.733. The highest BCUT2D eigenvalue weighted by atomic mass is 35.5. The first kappa shape index (κ1) is 16.4. The maximum atomic E-state index is 12.4. The van der Waals surface area contributed by atoms with E-state index in [4.69, 9.17) is 16.3 Å². The Kier molecular flexibility index (Phi) is 4.76. The zero-order valence-corrected chi connectivity index (χ0v) is 14.4. The predicted octanol–water partition coefficient (Wildman–Crippen LogP) is 4.11. The molecule has 0 bridgehead atoms. The Balaban J connectivity index is 1.69. The van der Waals surface area contributed by atoms with Crippen LogP contribution in [0.5, 0.6) is 5.75 Å². The number of halogens is 1. The summed E-state index contributed by atoms with van der Waals surface area (Å²) >= 11 is 5.87. The summed E-state index contributed by atoms with van der Waals surface area (Å²) in [5, 5.41) is 4.67. The minimum absolute atomic E-state index is 0.100. The summed E-state index contributed by atoms with van der Waals surface area (Å²) in [5.41, 5.74) is 3.58. The molecular formula is C19H19ClN2O2. The fourth-order valence-corrected chi connectivity index (χ4v) is 2.85. The lowest BCUT2D eigenvalue weighted by Gasteiger charge is -2.05. The van der Waals surface area contributed by atoms with Gasteiger partial charge in [0.2, 0.25) is 0 Å². The van der Waals surface area contributed by atoms with Crippen molar-refractivity contribution < 1.29 is 9.53 Å². The number of amides is 1. The normalized spacial score (nSPS) is 10.8. The lowest BCUT2D eigenvalue weighted by Crippen LogP contribution is -2.26. The van der Waals surface area contributed by atoms with E-state index in [2.05, 4.69) is 10.3 Å². The van der Waals surface area contributed by atoms with Crippen molar-refractivity contribution in [2.75, 3.05) is 13.7 Å². The van der Waals surface area contributed by atoms with Gasteiger partial charge in [0.05, 0.1) is 7.11 Å². The van der Waals surface area contributed by atoms with Crippen molar-refractivity contribution in [1.82, 2.24) is 10.3 Å². The number of aromatic amines is 1. The number of rotatable bonds is 5. The fraction of sp³-hybridized carbons (Fsp3) is 0.211. The van der Waals surface area contributed by atoms with Gasteiger partial charge in [-0.05, 0) is 54.8 Å². The van der Waals surface area contributed by atoms with E-state index in [9.17, 15) is 4.79 Å². The van der Waals surface area contributed by atoms with Crippen LogP contribution >= 0.6 is 11.6 Å². The van der Waals surface area contributed by atoms with E-state index in [0.717, 1.165) is 34.2 Å². The van der Waals surface area contributed by atoms with E-state index in [1.54, 1.807) is 7.11 Å². The van der Waals surface area contributed by atoms with Crippen LogP contribution in [0.3, 0.4) is 0 Å². The molecule has 124 valence electrons. The number of benzene rings is 2. The van der Waals surface area contributed by atoms with Gasteiger partial charge in [0.15, 0.2) is 0 Å². The van der Waals surface area contributed by atoms with Crippen molar-refractivity contribution in [3.63, 3.8) is 0 Å². The van der Waals surface area contributed by atoms with E-state index in [1.807, 2.05) is 49.4 Å². The molecule has 2 N–H and O–H groups in total. The van der Waals surface area contributed by atoms with Gasteiger partial charge in [-0.3, -0.25) is 4.79 Å². The molecule has 1 heterocycles. The minimum Gasteiger partial charge on any atom is -0.497 e. The molecule has 1 aromatic heterocycles. The highest BCUT2D eigenvalue weighted by Gasteiger charge is 2.14. The summed E-state index contributed by atoms with van der Waals surface area (Å²) < 4.78 is 5.25. The van der Waals surface area contributed by atoms with Gasteiger partial charge >= 0.3 is 0 Å². The van der Waals surface area contributed by atoms with Crippen molar-refractivity contribution in [2.24, 2.45) is 0 Å². The standard InChI is InChI=1S/C19H19ClN2O2/c1-12-16-11-15(24-2)7-8-17(16)22-18(12)19(23)21-10-9-13-3-5-14(20)6-4-13/h3-8,11,22H,9-10H2,1-2H3,(H,21,23). The van der Waals surface area contributed by atoms with Crippen molar-refractivity contribution in [2.45, 2.75) is 13.3 Å². The number of methoxy groups -OCH3 is 1. The maximum absolute atomic E-state index is 12.4. The summed E-state index contributed by atoms with van der Waals surface area (Å²) in [6.45, 7) is 2.50. The second-order valence-electron chi connectivity index (χ2n) is 5.67. The summed E-state index contributed by atoms with van der Waals surface area (Å²) in [6.07, 6.45) is 0.760. The third-order valence-electron chi connectivity index (χ3n) is 4.10. The molecule has 0 aliphatic heterocycles. The monoisotopic (exact) mass is 342 g/mol. The van der Waals surface area contributed by atoms with Gasteiger partial charge in [0.25, 0.3) is 5.91 Å². The Morgan fingerprint density at radius 1 is 1.21 bits per heavy atom. The lowest BCUT2D eigenvalue weighted by molar-refractivity contribution is 0.0949. The topological polar surface area (TPSA) is 54.1 Å². The largest absolute Gasteiger partial charge is 0.497 e. The van der Waals surface area contributed by atoms with Crippen LogP contribution in [0.15, 0.2) is 42.5 Å². The van der Waals surface area contributed by atoms with Gasteiger partial charge < -0.3 is 15.0 Å². The second-order valence-corrected chi connectivity index (χ2v) is 6.11. The summed E-state index contributed by atoms with van der Waals surface area (Å²) in [7, 11) is 1.63. The van der Waals surface area contributed by atoms with Crippen LogP contribution in [0.25, 0.3) is 10.9 Å². The number of hydrogen-bond acceptors (Lipinski definition) is 2. The molecule has 0 aliphatic carbocycles. The highest BCUT2D eigenvalue weighted by Crippen LogP contribution is 2.25. The zero-order valence-electron chi connectivity index (χ0n) is 13.7. The van der Waals surface area contributed by atoms with E-state index < -0.39 is 0 Å². The molecular weight excluding hydrogens is 324 g/mol. The highest BCUT2D eigenvalue weighted by molar-refractivity contribution is 6.30. The fourth-order valence-electron chi connectivity index (χ4n) is 2.72. The van der Waals surface area contributed by atoms with Crippen molar-refractivity contribution in [3.05, 3.63) is 64.3 Å². The van der Waals surface area contributed by atoms with E-state index in [-0.39, 0.29) is 5.91 Å². The van der Waals surface area contributed by atoms with Crippen LogP contribution in [0, 0.1) is 6.92 Å². The Hall–Kier alpha value is -2.46.